The van der Waals surface area contributed by atoms with E-state index in [1.165, 1.54) is 48.1 Å². The van der Waals surface area contributed by atoms with Crippen LogP contribution >= 0.6 is 11.3 Å². The molecule has 1 unspecified atom stereocenters. The van der Waals surface area contributed by atoms with Crippen molar-refractivity contribution in [3.8, 4) is 0 Å². The molecule has 5 rings (SSSR count). The van der Waals surface area contributed by atoms with Gasteiger partial charge in [0.2, 0.25) is 0 Å². The fraction of sp³-hybridized carbons (Fsp3) is 0.333. The van der Waals surface area contributed by atoms with Crippen LogP contribution in [0, 0.1) is 6.92 Å². The second-order valence-corrected chi connectivity index (χ2v) is 11.6. The molecule has 2 nitrogen and oxygen atoms in total. The van der Waals surface area contributed by atoms with E-state index in [0.29, 0.717) is 11.8 Å². The van der Waals surface area contributed by atoms with E-state index in [4.69, 9.17) is 0 Å². The number of quaternary nitrogens is 1. The molecule has 1 aromatic heterocycles. The average molecular weight is 456 g/mol. The first-order valence-electron chi connectivity index (χ1n) is 12.0. The van der Waals surface area contributed by atoms with Gasteiger partial charge in [0.1, 0.15) is 6.20 Å². The van der Waals surface area contributed by atoms with Gasteiger partial charge in [-0.2, -0.15) is 0 Å². The first-order valence-corrected chi connectivity index (χ1v) is 12.9. The molecule has 0 amide bonds. The maximum Gasteiger partial charge on any atom is 0.199 e. The minimum absolute atomic E-state index is 0.216. The Morgan fingerprint density at radius 2 is 1.58 bits per heavy atom. The summed E-state index contributed by atoms with van der Waals surface area (Å²) in [7, 11) is 4.63. The van der Waals surface area contributed by atoms with Crippen molar-refractivity contribution in [3.63, 3.8) is 0 Å². The Morgan fingerprint density at radius 1 is 0.879 bits per heavy atom. The third-order valence-corrected chi connectivity index (χ3v) is 8.36. The van der Waals surface area contributed by atoms with Crippen molar-refractivity contribution in [1.29, 1.82) is 0 Å². The molecule has 0 radical (unpaired) electrons. The molecule has 0 saturated carbocycles. The van der Waals surface area contributed by atoms with E-state index in [1.54, 1.807) is 0 Å². The van der Waals surface area contributed by atoms with Gasteiger partial charge in [-0.3, -0.25) is 9.38 Å². The van der Waals surface area contributed by atoms with E-state index in [-0.39, 0.29) is 6.17 Å². The van der Waals surface area contributed by atoms with E-state index in [1.807, 2.05) is 11.3 Å². The zero-order valence-electron chi connectivity index (χ0n) is 20.9. The predicted molar refractivity (Wildman–Crippen MR) is 145 cm³/mol. The monoisotopic (exact) mass is 455 g/mol. The van der Waals surface area contributed by atoms with Crippen LogP contribution in [-0.4, -0.2) is 18.6 Å². The standard InChI is InChI=1S/C30H35N2S/c1-19(2)24-18-25-23-14-10-11-15-26(23)33-29(25)27(20(3)4)28(24)31-16-17-32(6,7)30(31)22-13-9-8-12-21(22)5/h8-20,30H,1-7H3/q+1. The first-order chi connectivity index (χ1) is 15.7. The first kappa shape index (κ1) is 22.2. The fourth-order valence-electron chi connectivity index (χ4n) is 5.47. The van der Waals surface area contributed by atoms with Gasteiger partial charge in [-0.15, -0.1) is 11.3 Å². The van der Waals surface area contributed by atoms with Gasteiger partial charge in [-0.25, -0.2) is 0 Å². The number of hydrogen-bond acceptors (Lipinski definition) is 2. The summed E-state index contributed by atoms with van der Waals surface area (Å²) in [6.07, 6.45) is 4.90. The molecule has 0 aliphatic carbocycles. The Kier molecular flexibility index (Phi) is 5.38. The molecule has 0 spiro atoms. The van der Waals surface area contributed by atoms with Crippen molar-refractivity contribution in [3.05, 3.63) is 89.3 Å². The van der Waals surface area contributed by atoms with Crippen LogP contribution < -0.4 is 4.90 Å². The van der Waals surface area contributed by atoms with E-state index in [9.17, 15) is 0 Å². The summed E-state index contributed by atoms with van der Waals surface area (Å²) in [6, 6.07) is 20.3. The van der Waals surface area contributed by atoms with Crippen LogP contribution in [0.25, 0.3) is 20.2 Å². The molecule has 3 heteroatoms. The quantitative estimate of drug-likeness (QED) is 0.278. The molecule has 2 heterocycles. The number of anilines is 1. The zero-order chi connectivity index (χ0) is 23.5. The molecular weight excluding hydrogens is 420 g/mol. The summed E-state index contributed by atoms with van der Waals surface area (Å²) in [5, 5.41) is 2.80. The van der Waals surface area contributed by atoms with Crippen molar-refractivity contribution in [1.82, 2.24) is 0 Å². The van der Waals surface area contributed by atoms with Crippen molar-refractivity contribution in [2.75, 3.05) is 19.0 Å². The number of aryl methyl sites for hydroxylation is 1. The van der Waals surface area contributed by atoms with E-state index in [2.05, 4.69) is 121 Å². The summed E-state index contributed by atoms with van der Waals surface area (Å²) in [5.41, 5.74) is 7.09. The maximum absolute atomic E-state index is 2.58. The third-order valence-electron chi connectivity index (χ3n) is 7.14. The lowest BCUT2D eigenvalue weighted by atomic mass is 9.89. The minimum atomic E-state index is 0.216. The Bertz CT molecular complexity index is 1370. The van der Waals surface area contributed by atoms with E-state index >= 15 is 0 Å². The van der Waals surface area contributed by atoms with Crippen LogP contribution in [-0.2, 0) is 0 Å². The van der Waals surface area contributed by atoms with E-state index in [0.717, 1.165) is 4.48 Å². The molecular formula is C30H35N2S+. The summed E-state index contributed by atoms with van der Waals surface area (Å²) < 4.78 is 3.63. The van der Waals surface area contributed by atoms with Crippen molar-refractivity contribution < 1.29 is 4.48 Å². The number of fused-ring (bicyclic) bond motifs is 3. The van der Waals surface area contributed by atoms with Crippen LogP contribution in [0.15, 0.2) is 67.0 Å². The van der Waals surface area contributed by atoms with Crippen molar-refractivity contribution >= 4 is 37.2 Å². The molecule has 0 fully saturated rings. The second-order valence-electron chi connectivity index (χ2n) is 10.6. The molecule has 170 valence electrons. The van der Waals surface area contributed by atoms with Crippen LogP contribution in [0.3, 0.4) is 0 Å². The minimum Gasteiger partial charge on any atom is -0.288 e. The largest absolute Gasteiger partial charge is 0.288 e. The number of thiophene rings is 1. The summed E-state index contributed by atoms with van der Waals surface area (Å²) in [4.78, 5) is 2.58. The van der Waals surface area contributed by atoms with Gasteiger partial charge in [-0.05, 0) is 47.6 Å². The van der Waals surface area contributed by atoms with Gasteiger partial charge in [0.25, 0.3) is 0 Å². The molecule has 3 aromatic carbocycles. The van der Waals surface area contributed by atoms with Crippen LogP contribution in [0.2, 0.25) is 0 Å². The summed E-state index contributed by atoms with van der Waals surface area (Å²) in [5.74, 6) is 0.860. The van der Waals surface area contributed by atoms with Gasteiger partial charge < -0.3 is 0 Å². The predicted octanol–water partition coefficient (Wildman–Crippen LogP) is 8.68. The average Bonchev–Trinajstić information content (AvgIpc) is 3.29. The van der Waals surface area contributed by atoms with Crippen LogP contribution in [0.1, 0.15) is 68.0 Å². The van der Waals surface area contributed by atoms with E-state index < -0.39 is 0 Å². The van der Waals surface area contributed by atoms with Gasteiger partial charge >= 0.3 is 0 Å². The molecule has 33 heavy (non-hydrogen) atoms. The topological polar surface area (TPSA) is 3.24 Å². The van der Waals surface area contributed by atoms with Crippen molar-refractivity contribution in [2.24, 2.45) is 0 Å². The number of nitrogens with zero attached hydrogens (tertiary/aromatic N) is 2. The Balaban J connectivity index is 1.86. The lowest BCUT2D eigenvalue weighted by Crippen LogP contribution is -2.42. The normalized spacial score (nSPS) is 17.8. The van der Waals surface area contributed by atoms with Crippen LogP contribution in [0.4, 0.5) is 5.69 Å². The van der Waals surface area contributed by atoms with Gasteiger partial charge in [0.15, 0.2) is 6.17 Å². The highest BCUT2D eigenvalue weighted by Crippen LogP contribution is 2.50. The molecule has 1 aliphatic heterocycles. The SMILES string of the molecule is Cc1ccccc1C1N(c2c(C(C)C)cc3c(sc4ccccc43)c2C(C)C)C=C[N+]1(C)C. The number of rotatable bonds is 4. The molecule has 0 bridgehead atoms. The third kappa shape index (κ3) is 3.50. The molecule has 0 N–H and O–H groups in total. The molecule has 4 aromatic rings. The second kappa shape index (κ2) is 8.00. The zero-order valence-corrected chi connectivity index (χ0v) is 21.7. The highest BCUT2D eigenvalue weighted by molar-refractivity contribution is 7.26. The lowest BCUT2D eigenvalue weighted by Gasteiger charge is -2.38. The Labute approximate surface area is 202 Å². The summed E-state index contributed by atoms with van der Waals surface area (Å²) in [6.45, 7) is 11.6. The summed E-state index contributed by atoms with van der Waals surface area (Å²) >= 11 is 1.95. The smallest absolute Gasteiger partial charge is 0.199 e. The van der Waals surface area contributed by atoms with Crippen molar-refractivity contribution in [2.45, 2.75) is 52.6 Å². The highest BCUT2D eigenvalue weighted by Gasteiger charge is 2.41. The highest BCUT2D eigenvalue weighted by atomic mass is 32.1. The number of benzene rings is 3. The fourth-order valence-corrected chi connectivity index (χ4v) is 6.84. The lowest BCUT2D eigenvalue weighted by molar-refractivity contribution is -0.864. The molecule has 1 aliphatic rings. The van der Waals surface area contributed by atoms with Gasteiger partial charge in [-0.1, -0.05) is 70.2 Å². The van der Waals surface area contributed by atoms with Crippen LogP contribution in [0.5, 0.6) is 0 Å². The molecule has 0 saturated heterocycles. The van der Waals surface area contributed by atoms with Gasteiger partial charge in [0, 0.05) is 25.7 Å². The Morgan fingerprint density at radius 3 is 2.27 bits per heavy atom. The Hall–Kier alpha value is -2.62. The van der Waals surface area contributed by atoms with Gasteiger partial charge in [0.05, 0.1) is 26.0 Å². The maximum atomic E-state index is 2.58. The number of hydrogen-bond donors (Lipinski definition) is 0. The molecule has 1 atom stereocenters.